The number of nitrogens with zero attached hydrogens (tertiary/aromatic N) is 1. The highest BCUT2D eigenvalue weighted by atomic mass is 35.5. The summed E-state index contributed by atoms with van der Waals surface area (Å²) in [6, 6.07) is 4.90. The Hall–Kier alpha value is -0.970. The topological polar surface area (TPSA) is 52.6 Å². The summed E-state index contributed by atoms with van der Waals surface area (Å²) in [5.74, 6) is 0. The zero-order valence-electron chi connectivity index (χ0n) is 9.70. The Balaban J connectivity index is 2.05. The molecule has 1 saturated carbocycles. The first-order valence-corrected chi connectivity index (χ1v) is 6.51. The van der Waals surface area contributed by atoms with Gasteiger partial charge in [0.15, 0.2) is 0 Å². The number of benzene rings is 1. The second-order valence-corrected chi connectivity index (χ2v) is 5.05. The van der Waals surface area contributed by atoms with Gasteiger partial charge in [0.05, 0.1) is 17.3 Å². The van der Waals surface area contributed by atoms with Crippen molar-refractivity contribution in [1.82, 2.24) is 4.90 Å². The number of aliphatic hydroxyl groups excluding tert-OH is 1. The summed E-state index contributed by atoms with van der Waals surface area (Å²) < 4.78 is 0. The smallest absolute Gasteiger partial charge is 0.322 e. The van der Waals surface area contributed by atoms with Gasteiger partial charge in [-0.3, -0.25) is 0 Å². The summed E-state index contributed by atoms with van der Waals surface area (Å²) in [5.41, 5.74) is 0.523. The van der Waals surface area contributed by atoms with Crippen LogP contribution < -0.4 is 5.32 Å². The van der Waals surface area contributed by atoms with E-state index in [2.05, 4.69) is 5.32 Å². The number of urea groups is 1. The van der Waals surface area contributed by atoms with Crippen molar-refractivity contribution in [1.29, 1.82) is 0 Å². The van der Waals surface area contributed by atoms with Crippen molar-refractivity contribution >= 4 is 34.9 Å². The fourth-order valence-corrected chi connectivity index (χ4v) is 2.18. The molecule has 0 aliphatic heterocycles. The van der Waals surface area contributed by atoms with Crippen LogP contribution in [0.1, 0.15) is 12.8 Å². The Morgan fingerprint density at radius 3 is 2.72 bits per heavy atom. The van der Waals surface area contributed by atoms with E-state index < -0.39 is 0 Å². The molecule has 98 valence electrons. The van der Waals surface area contributed by atoms with Crippen LogP contribution in [-0.2, 0) is 0 Å². The number of carbonyl (C=O) groups excluding carboxylic acids is 1. The van der Waals surface area contributed by atoms with Crippen LogP contribution in [0.3, 0.4) is 0 Å². The van der Waals surface area contributed by atoms with Crippen molar-refractivity contribution in [2.75, 3.05) is 18.5 Å². The zero-order valence-corrected chi connectivity index (χ0v) is 11.2. The molecule has 18 heavy (non-hydrogen) atoms. The molecule has 1 aromatic rings. The first kappa shape index (κ1) is 13.5. The third-order valence-corrected chi connectivity index (χ3v) is 3.31. The number of anilines is 1. The van der Waals surface area contributed by atoms with Crippen molar-refractivity contribution in [3.63, 3.8) is 0 Å². The molecular weight excluding hydrogens is 275 g/mol. The highest BCUT2D eigenvalue weighted by molar-refractivity contribution is 6.36. The second kappa shape index (κ2) is 5.78. The van der Waals surface area contributed by atoms with Crippen molar-refractivity contribution < 1.29 is 9.90 Å². The molecule has 0 spiro atoms. The van der Waals surface area contributed by atoms with E-state index >= 15 is 0 Å². The number of halogens is 2. The van der Waals surface area contributed by atoms with E-state index in [-0.39, 0.29) is 18.7 Å². The number of hydrogen-bond acceptors (Lipinski definition) is 2. The number of carbonyl (C=O) groups is 1. The monoisotopic (exact) mass is 288 g/mol. The van der Waals surface area contributed by atoms with Gasteiger partial charge in [-0.05, 0) is 31.0 Å². The van der Waals surface area contributed by atoms with E-state index in [1.807, 2.05) is 0 Å². The molecule has 1 aliphatic carbocycles. The van der Waals surface area contributed by atoms with E-state index in [4.69, 9.17) is 28.3 Å². The highest BCUT2D eigenvalue weighted by Gasteiger charge is 2.32. The van der Waals surface area contributed by atoms with Crippen LogP contribution in [0.25, 0.3) is 0 Å². The molecule has 0 aromatic heterocycles. The summed E-state index contributed by atoms with van der Waals surface area (Å²) in [5, 5.41) is 12.6. The fraction of sp³-hybridized carbons (Fsp3) is 0.417. The number of rotatable bonds is 4. The highest BCUT2D eigenvalue weighted by Crippen LogP contribution is 2.29. The number of hydrogen-bond donors (Lipinski definition) is 2. The van der Waals surface area contributed by atoms with Crippen molar-refractivity contribution in [2.24, 2.45) is 0 Å². The third-order valence-electron chi connectivity index (χ3n) is 2.76. The molecule has 6 heteroatoms. The lowest BCUT2D eigenvalue weighted by atomic mass is 10.3. The molecule has 2 N–H and O–H groups in total. The summed E-state index contributed by atoms with van der Waals surface area (Å²) in [4.78, 5) is 13.7. The fourth-order valence-electron chi connectivity index (χ4n) is 1.72. The molecule has 0 heterocycles. The maximum absolute atomic E-state index is 12.0. The van der Waals surface area contributed by atoms with Crippen LogP contribution in [0.2, 0.25) is 10.0 Å². The molecule has 2 amide bonds. The molecule has 0 atom stereocenters. The van der Waals surface area contributed by atoms with E-state index in [0.717, 1.165) is 12.8 Å². The lowest BCUT2D eigenvalue weighted by Gasteiger charge is -2.22. The first-order chi connectivity index (χ1) is 8.61. The summed E-state index contributed by atoms with van der Waals surface area (Å²) in [7, 11) is 0. The van der Waals surface area contributed by atoms with Gasteiger partial charge in [0, 0.05) is 17.6 Å². The lowest BCUT2D eigenvalue weighted by molar-refractivity contribution is 0.185. The Bertz CT molecular complexity index is 450. The van der Waals surface area contributed by atoms with Gasteiger partial charge in [0.1, 0.15) is 0 Å². The number of amides is 2. The maximum Gasteiger partial charge on any atom is 0.322 e. The SMILES string of the molecule is O=C(Nc1ccc(Cl)cc1Cl)N(CCO)C1CC1. The quantitative estimate of drug-likeness (QED) is 0.895. The molecule has 1 fully saturated rings. The van der Waals surface area contributed by atoms with Gasteiger partial charge in [0.2, 0.25) is 0 Å². The van der Waals surface area contributed by atoms with Crippen LogP contribution in [-0.4, -0.2) is 35.2 Å². The molecule has 0 radical (unpaired) electrons. The molecule has 0 saturated heterocycles. The molecule has 2 rings (SSSR count). The van der Waals surface area contributed by atoms with Crippen LogP contribution in [0.4, 0.5) is 10.5 Å². The number of aliphatic hydroxyl groups is 1. The molecule has 0 unspecified atom stereocenters. The van der Waals surface area contributed by atoms with Crippen molar-refractivity contribution in [2.45, 2.75) is 18.9 Å². The molecule has 4 nitrogen and oxygen atoms in total. The van der Waals surface area contributed by atoms with Gasteiger partial charge in [-0.15, -0.1) is 0 Å². The summed E-state index contributed by atoms with van der Waals surface area (Å²) in [6.07, 6.45) is 1.98. The molecular formula is C12H14Cl2N2O2. The van der Waals surface area contributed by atoms with Gasteiger partial charge in [-0.25, -0.2) is 4.79 Å². The van der Waals surface area contributed by atoms with Gasteiger partial charge in [0.25, 0.3) is 0 Å². The second-order valence-electron chi connectivity index (χ2n) is 4.20. The standard InChI is InChI=1S/C12H14Cl2N2O2/c13-8-1-4-11(10(14)7-8)15-12(18)16(5-6-17)9-2-3-9/h1,4,7,9,17H,2-3,5-6H2,(H,15,18). The van der Waals surface area contributed by atoms with Crippen LogP contribution in [0.5, 0.6) is 0 Å². The molecule has 1 aliphatic rings. The van der Waals surface area contributed by atoms with Crippen molar-refractivity contribution in [3.8, 4) is 0 Å². The minimum atomic E-state index is -0.240. The van der Waals surface area contributed by atoms with E-state index in [1.54, 1.807) is 23.1 Å². The van der Waals surface area contributed by atoms with Crippen LogP contribution in [0, 0.1) is 0 Å². The van der Waals surface area contributed by atoms with Gasteiger partial charge < -0.3 is 15.3 Å². The lowest BCUT2D eigenvalue weighted by Crippen LogP contribution is -2.38. The Labute approximate surface area is 115 Å². The molecule has 0 bridgehead atoms. The Morgan fingerprint density at radius 2 is 2.17 bits per heavy atom. The van der Waals surface area contributed by atoms with Gasteiger partial charge >= 0.3 is 6.03 Å². The predicted octanol–water partition coefficient (Wildman–Crippen LogP) is 2.98. The Morgan fingerprint density at radius 1 is 1.44 bits per heavy atom. The van der Waals surface area contributed by atoms with Crippen LogP contribution in [0.15, 0.2) is 18.2 Å². The average Bonchev–Trinajstić information content (AvgIpc) is 3.13. The van der Waals surface area contributed by atoms with Gasteiger partial charge in [-0.1, -0.05) is 23.2 Å². The first-order valence-electron chi connectivity index (χ1n) is 5.75. The summed E-state index contributed by atoms with van der Waals surface area (Å²) in [6.45, 7) is 0.292. The van der Waals surface area contributed by atoms with Gasteiger partial charge in [-0.2, -0.15) is 0 Å². The normalized spacial score (nSPS) is 14.4. The van der Waals surface area contributed by atoms with E-state index in [9.17, 15) is 4.79 Å². The van der Waals surface area contributed by atoms with Crippen LogP contribution >= 0.6 is 23.2 Å². The largest absolute Gasteiger partial charge is 0.395 e. The minimum absolute atomic E-state index is 0.0434. The third kappa shape index (κ3) is 3.28. The van der Waals surface area contributed by atoms with E-state index in [1.165, 1.54) is 0 Å². The zero-order chi connectivity index (χ0) is 13.1. The average molecular weight is 289 g/mol. The minimum Gasteiger partial charge on any atom is -0.395 e. The van der Waals surface area contributed by atoms with Crippen molar-refractivity contribution in [3.05, 3.63) is 28.2 Å². The molecule has 1 aromatic carbocycles. The summed E-state index contributed by atoms with van der Waals surface area (Å²) >= 11 is 11.8. The predicted molar refractivity (Wildman–Crippen MR) is 72.3 cm³/mol. The Kier molecular flexibility index (Phi) is 4.32. The maximum atomic E-state index is 12.0. The van der Waals surface area contributed by atoms with E-state index in [0.29, 0.717) is 22.3 Å². The number of nitrogens with one attached hydrogen (secondary N) is 1.